The fraction of sp³-hybridized carbons (Fsp3) is 0.923. The third-order valence-electron chi connectivity index (χ3n) is 3.87. The van der Waals surface area contributed by atoms with Crippen LogP contribution in [0.15, 0.2) is 0 Å². The van der Waals surface area contributed by atoms with Gasteiger partial charge in [0.2, 0.25) is 5.91 Å². The zero-order valence-corrected chi connectivity index (χ0v) is 11.5. The smallest absolute Gasteiger partial charge is 0.236 e. The van der Waals surface area contributed by atoms with E-state index in [2.05, 4.69) is 22.2 Å². The van der Waals surface area contributed by atoms with Crippen LogP contribution in [0.25, 0.3) is 0 Å². The molecule has 0 bridgehead atoms. The van der Waals surface area contributed by atoms with Gasteiger partial charge in [0, 0.05) is 52.4 Å². The van der Waals surface area contributed by atoms with Crippen molar-refractivity contribution in [2.75, 3.05) is 66.0 Å². The molecule has 104 valence electrons. The highest BCUT2D eigenvalue weighted by Crippen LogP contribution is 2.07. The van der Waals surface area contributed by atoms with Crippen LogP contribution in [0.1, 0.15) is 12.8 Å². The number of nitrogens with one attached hydrogen (secondary N) is 1. The Morgan fingerprint density at radius 2 is 1.83 bits per heavy atom. The molecule has 0 unspecified atom stereocenters. The maximum absolute atomic E-state index is 12.0. The molecule has 0 aliphatic carbocycles. The van der Waals surface area contributed by atoms with Gasteiger partial charge >= 0.3 is 0 Å². The summed E-state index contributed by atoms with van der Waals surface area (Å²) in [4.78, 5) is 18.6. The summed E-state index contributed by atoms with van der Waals surface area (Å²) in [7, 11) is 2.05. The standard InChI is InChI=1S/C13H26N4O/c1-15(10-11-16-8-4-14-5-9-16)12-13(18)17-6-2-3-7-17/h14H,2-12H2,1H3. The SMILES string of the molecule is CN(CCN1CCNCC1)CC(=O)N1CCCC1. The van der Waals surface area contributed by atoms with Crippen molar-refractivity contribution < 1.29 is 4.79 Å². The number of carbonyl (C=O) groups excluding carboxylic acids is 1. The van der Waals surface area contributed by atoms with Gasteiger partial charge < -0.3 is 10.2 Å². The second kappa shape index (κ2) is 7.07. The molecule has 1 amide bonds. The molecule has 2 aliphatic heterocycles. The number of hydrogen-bond donors (Lipinski definition) is 1. The molecule has 0 saturated carbocycles. The number of amides is 1. The summed E-state index contributed by atoms with van der Waals surface area (Å²) in [6.07, 6.45) is 2.35. The first-order chi connectivity index (χ1) is 8.75. The molecule has 5 nitrogen and oxygen atoms in total. The lowest BCUT2D eigenvalue weighted by Crippen LogP contribution is -2.47. The zero-order chi connectivity index (χ0) is 12.8. The van der Waals surface area contributed by atoms with E-state index in [9.17, 15) is 4.79 Å². The first kappa shape index (κ1) is 13.8. The summed E-state index contributed by atoms with van der Waals surface area (Å²) in [6, 6.07) is 0. The summed E-state index contributed by atoms with van der Waals surface area (Å²) in [6.45, 7) is 9.01. The van der Waals surface area contributed by atoms with E-state index in [1.54, 1.807) is 0 Å². The monoisotopic (exact) mass is 254 g/mol. The Kier molecular flexibility index (Phi) is 5.41. The van der Waals surface area contributed by atoms with E-state index in [0.29, 0.717) is 12.5 Å². The minimum atomic E-state index is 0.301. The summed E-state index contributed by atoms with van der Waals surface area (Å²) < 4.78 is 0. The van der Waals surface area contributed by atoms with Crippen LogP contribution in [0.5, 0.6) is 0 Å². The molecule has 0 aromatic carbocycles. The predicted octanol–water partition coefficient (Wildman–Crippen LogP) is -0.554. The lowest BCUT2D eigenvalue weighted by Gasteiger charge is -2.29. The molecular formula is C13H26N4O. The third-order valence-corrected chi connectivity index (χ3v) is 3.87. The van der Waals surface area contributed by atoms with E-state index in [1.165, 1.54) is 12.8 Å². The maximum Gasteiger partial charge on any atom is 0.236 e. The quantitative estimate of drug-likeness (QED) is 0.714. The van der Waals surface area contributed by atoms with Crippen molar-refractivity contribution in [3.63, 3.8) is 0 Å². The van der Waals surface area contributed by atoms with Gasteiger partial charge in [0.15, 0.2) is 0 Å². The van der Waals surface area contributed by atoms with Crippen LogP contribution in [-0.2, 0) is 4.79 Å². The number of rotatable bonds is 5. The minimum Gasteiger partial charge on any atom is -0.342 e. The van der Waals surface area contributed by atoms with Crippen LogP contribution >= 0.6 is 0 Å². The summed E-state index contributed by atoms with van der Waals surface area (Å²) in [5.41, 5.74) is 0. The van der Waals surface area contributed by atoms with Crippen LogP contribution < -0.4 is 5.32 Å². The van der Waals surface area contributed by atoms with E-state index in [0.717, 1.165) is 52.4 Å². The number of piperazine rings is 1. The molecule has 5 heteroatoms. The Morgan fingerprint density at radius 3 is 2.50 bits per heavy atom. The van der Waals surface area contributed by atoms with Crippen molar-refractivity contribution in [1.29, 1.82) is 0 Å². The van der Waals surface area contributed by atoms with Gasteiger partial charge in [-0.1, -0.05) is 0 Å². The van der Waals surface area contributed by atoms with Gasteiger partial charge in [0.05, 0.1) is 6.54 Å². The normalized spacial score (nSPS) is 21.8. The van der Waals surface area contributed by atoms with Gasteiger partial charge in [-0.2, -0.15) is 0 Å². The fourth-order valence-corrected chi connectivity index (χ4v) is 2.62. The molecule has 2 fully saturated rings. The van der Waals surface area contributed by atoms with Crippen molar-refractivity contribution in [2.45, 2.75) is 12.8 Å². The molecule has 0 spiro atoms. The van der Waals surface area contributed by atoms with Crippen LogP contribution in [0, 0.1) is 0 Å². The van der Waals surface area contributed by atoms with Crippen molar-refractivity contribution in [3.05, 3.63) is 0 Å². The largest absolute Gasteiger partial charge is 0.342 e. The Balaban J connectivity index is 1.61. The highest BCUT2D eigenvalue weighted by molar-refractivity contribution is 5.78. The van der Waals surface area contributed by atoms with Crippen molar-refractivity contribution in [1.82, 2.24) is 20.0 Å². The van der Waals surface area contributed by atoms with Gasteiger partial charge in [-0.15, -0.1) is 0 Å². The maximum atomic E-state index is 12.0. The molecule has 2 aliphatic rings. The van der Waals surface area contributed by atoms with Crippen molar-refractivity contribution in [3.8, 4) is 0 Å². The van der Waals surface area contributed by atoms with Crippen LogP contribution in [0.3, 0.4) is 0 Å². The van der Waals surface area contributed by atoms with E-state index < -0.39 is 0 Å². The summed E-state index contributed by atoms with van der Waals surface area (Å²) in [5.74, 6) is 0.301. The average Bonchev–Trinajstić information content (AvgIpc) is 2.91. The average molecular weight is 254 g/mol. The van der Waals surface area contributed by atoms with Gasteiger partial charge in [-0.05, 0) is 19.9 Å². The minimum absolute atomic E-state index is 0.301. The molecule has 0 aromatic heterocycles. The highest BCUT2D eigenvalue weighted by Gasteiger charge is 2.19. The molecule has 18 heavy (non-hydrogen) atoms. The third kappa shape index (κ3) is 4.23. The second-order valence-corrected chi connectivity index (χ2v) is 5.42. The fourth-order valence-electron chi connectivity index (χ4n) is 2.62. The lowest BCUT2D eigenvalue weighted by atomic mass is 10.3. The zero-order valence-electron chi connectivity index (χ0n) is 11.5. The van der Waals surface area contributed by atoms with Gasteiger partial charge in [-0.3, -0.25) is 14.6 Å². The Hall–Kier alpha value is -0.650. The van der Waals surface area contributed by atoms with E-state index >= 15 is 0 Å². The number of likely N-dealkylation sites (tertiary alicyclic amines) is 1. The number of nitrogens with zero attached hydrogens (tertiary/aromatic N) is 3. The second-order valence-electron chi connectivity index (χ2n) is 5.42. The molecule has 2 rings (SSSR count). The lowest BCUT2D eigenvalue weighted by molar-refractivity contribution is -0.131. The highest BCUT2D eigenvalue weighted by atomic mass is 16.2. The number of hydrogen-bond acceptors (Lipinski definition) is 4. The number of carbonyl (C=O) groups is 1. The number of likely N-dealkylation sites (N-methyl/N-ethyl adjacent to an activating group) is 1. The van der Waals surface area contributed by atoms with E-state index in [-0.39, 0.29) is 0 Å². The Labute approximate surface area is 110 Å². The molecule has 0 atom stereocenters. The first-order valence-corrected chi connectivity index (χ1v) is 7.15. The van der Waals surface area contributed by atoms with Crippen LogP contribution in [0.4, 0.5) is 0 Å². The van der Waals surface area contributed by atoms with Crippen molar-refractivity contribution >= 4 is 5.91 Å². The Morgan fingerprint density at radius 1 is 1.17 bits per heavy atom. The van der Waals surface area contributed by atoms with Crippen LogP contribution in [-0.4, -0.2) is 86.6 Å². The first-order valence-electron chi connectivity index (χ1n) is 7.15. The molecule has 2 saturated heterocycles. The van der Waals surface area contributed by atoms with Crippen molar-refractivity contribution in [2.24, 2.45) is 0 Å². The molecule has 0 radical (unpaired) electrons. The molecule has 1 N–H and O–H groups in total. The van der Waals surface area contributed by atoms with Gasteiger partial charge in [0.25, 0.3) is 0 Å². The summed E-state index contributed by atoms with van der Waals surface area (Å²) in [5, 5.41) is 3.36. The molecule has 2 heterocycles. The predicted molar refractivity (Wildman–Crippen MR) is 72.6 cm³/mol. The van der Waals surface area contributed by atoms with E-state index in [4.69, 9.17) is 0 Å². The van der Waals surface area contributed by atoms with Gasteiger partial charge in [0.1, 0.15) is 0 Å². The van der Waals surface area contributed by atoms with Crippen LogP contribution in [0.2, 0.25) is 0 Å². The summed E-state index contributed by atoms with van der Waals surface area (Å²) >= 11 is 0. The molecule has 0 aromatic rings. The van der Waals surface area contributed by atoms with E-state index in [1.807, 2.05) is 4.90 Å². The topological polar surface area (TPSA) is 38.8 Å². The van der Waals surface area contributed by atoms with Gasteiger partial charge in [-0.25, -0.2) is 0 Å². The molecular weight excluding hydrogens is 228 g/mol. The Bertz CT molecular complexity index is 260.